The lowest BCUT2D eigenvalue weighted by Crippen LogP contribution is -3.00. The summed E-state index contributed by atoms with van der Waals surface area (Å²) in [6.07, 6.45) is 22.0. The molecule has 28 nitrogen and oxygen atoms in total. The number of nitrogens with zero attached hydrogens (tertiary/aromatic N) is 18. The molecule has 7 aliphatic heterocycles. The molecule has 15 heterocycles. The van der Waals surface area contributed by atoms with Crippen molar-refractivity contribution in [3.63, 3.8) is 0 Å². The highest BCUT2D eigenvalue weighted by Crippen LogP contribution is 2.37. The molecule has 0 aliphatic carbocycles. The van der Waals surface area contributed by atoms with Crippen LogP contribution in [0.25, 0.3) is 22.2 Å². The predicted octanol–water partition coefficient (Wildman–Crippen LogP) is 4.06. The summed E-state index contributed by atoms with van der Waals surface area (Å²) in [7, 11) is 1.40. The highest BCUT2D eigenvalue weighted by atomic mass is 127. The van der Waals surface area contributed by atoms with E-state index in [2.05, 4.69) is 126 Å². The Morgan fingerprint density at radius 2 is 0.935 bits per heavy atom. The zero-order valence-corrected chi connectivity index (χ0v) is 64.5. The van der Waals surface area contributed by atoms with Crippen LogP contribution in [0.2, 0.25) is 0 Å². The summed E-state index contributed by atoms with van der Waals surface area (Å²) in [5.74, 6) is 4.83. The van der Waals surface area contributed by atoms with E-state index in [9.17, 15) is 8.78 Å². The van der Waals surface area contributed by atoms with E-state index in [1.165, 1.54) is 24.3 Å². The van der Waals surface area contributed by atoms with Gasteiger partial charge in [0, 0.05) is 184 Å². The van der Waals surface area contributed by atoms with E-state index in [1.54, 1.807) is 68.8 Å². The SMILES string of the molecule is C.CC1(C)OB(c2cnn(CC3COC3)c2)OC1(C)C.COCC1COC1.C[C@](N)(c1ccc(F)cc1)c1cnc(N2CCN(c3ncnn4cc(-c5cnn(CC6COC6)c5)cc34)CC2)nc1.C[C@](N)(c1ccc(F)cc1)c1cnc(N2CCN(c3ncnn4cc(Br)cc34)CC2)nc1.OCC1COC1.[I-]. The van der Waals surface area contributed by atoms with Crippen molar-refractivity contribution in [2.24, 2.45) is 35.1 Å². The Balaban J connectivity index is 0.000000152. The van der Waals surface area contributed by atoms with Gasteiger partial charge in [0.05, 0.1) is 94.5 Å². The molecule has 7 saturated heterocycles. The van der Waals surface area contributed by atoms with Gasteiger partial charge in [-0.25, -0.2) is 47.7 Å². The zero-order valence-electron chi connectivity index (χ0n) is 60.8. The first-order valence-electron chi connectivity index (χ1n) is 35.5. The molecule has 33 heteroatoms. The number of ether oxygens (including phenoxy) is 5. The summed E-state index contributed by atoms with van der Waals surface area (Å²) in [6.45, 7) is 27.7. The zero-order chi connectivity index (χ0) is 73.5. The average molecular weight is 1650 g/mol. The second-order valence-corrected chi connectivity index (χ2v) is 29.8. The Morgan fingerprint density at radius 1 is 0.523 bits per heavy atom. The van der Waals surface area contributed by atoms with Crippen molar-refractivity contribution in [1.29, 1.82) is 0 Å². The van der Waals surface area contributed by atoms with Gasteiger partial charge in [-0.05, 0) is 105 Å². The number of piperazine rings is 2. The molecule has 7 fully saturated rings. The molecule has 0 spiro atoms. The first kappa shape index (κ1) is 80.2. The molecule has 2 aromatic carbocycles. The molecule has 0 bridgehead atoms. The highest BCUT2D eigenvalue weighted by Gasteiger charge is 2.52. The standard InChI is InChI=1S/C29H31FN10O.C22H22BrFN8.C13H21BN2O3.C5H10O2.C4H8O2.CH4.HI/c1-29(31,23-2-4-25(30)5-3-23)24-12-32-28(33-13-24)38-8-6-37(7-9-38)27-26-10-21(16-40(26)36-19-34-27)22-11-35-39(15-22)14-20-17-41-18-20;1-22(25,15-2-4-18(24)5-3-15)16-11-26-21(27-12-16)31-8-6-30(7-9-31)20-19-10-17(23)13-32(19)29-14-28-20;1-12(2)13(3,4)19-14(18-12)11-5-15-16(7-11)6-10-8-17-9-10;1-6-2-5-3-7-4-5;5-1-4-2-6-3-4;;/h2-5,10-13,15-16,19-20H,6-9,14,17-18,31H2,1H3;2-5,10-14H,6-9,25H2,1H3;5,7,10H,6,8-9H2,1-4H3;5H,2-4H2,1H3;4-5H,1-3H2;1H4;1H/p-1/t29-;22-;;;;;/m00...../s1. The van der Waals surface area contributed by atoms with Crippen molar-refractivity contribution < 1.29 is 70.9 Å². The van der Waals surface area contributed by atoms with E-state index in [1.807, 2.05) is 69.3 Å². The second kappa shape index (κ2) is 35.3. The van der Waals surface area contributed by atoms with E-state index in [4.69, 9.17) is 49.6 Å². The number of halogens is 4. The Kier molecular flexibility index (Phi) is 26.4. The molecule has 572 valence electrons. The van der Waals surface area contributed by atoms with Crippen molar-refractivity contribution in [2.45, 2.75) is 84.3 Å². The van der Waals surface area contributed by atoms with Gasteiger partial charge < -0.3 is 93.1 Å². The van der Waals surface area contributed by atoms with Crippen LogP contribution in [0.4, 0.5) is 32.3 Å². The average Bonchev–Trinajstić information content (AvgIpc) is 1.73. The third kappa shape index (κ3) is 19.1. The largest absolute Gasteiger partial charge is 1.00 e. The van der Waals surface area contributed by atoms with Gasteiger partial charge in [-0.3, -0.25) is 9.36 Å². The van der Waals surface area contributed by atoms with Crippen LogP contribution in [0.1, 0.15) is 71.2 Å². The molecule has 2 atom stereocenters. The summed E-state index contributed by atoms with van der Waals surface area (Å²) in [6, 6.07) is 16.6. The minimum absolute atomic E-state index is 0. The van der Waals surface area contributed by atoms with Crippen LogP contribution in [-0.4, -0.2) is 218 Å². The fourth-order valence-electron chi connectivity index (χ4n) is 12.6. The lowest BCUT2D eigenvalue weighted by molar-refractivity contribution is -0.0635. The number of hydrogen-bond donors (Lipinski definition) is 3. The van der Waals surface area contributed by atoms with E-state index in [-0.39, 0.29) is 61.4 Å². The fourth-order valence-corrected chi connectivity index (χ4v) is 13.0. The maximum Gasteiger partial charge on any atom is 0.498 e. The van der Waals surface area contributed by atoms with Gasteiger partial charge in [0.2, 0.25) is 11.9 Å². The van der Waals surface area contributed by atoms with Crippen molar-refractivity contribution in [2.75, 3.05) is 145 Å². The van der Waals surface area contributed by atoms with Crippen LogP contribution >= 0.6 is 15.9 Å². The second-order valence-electron chi connectivity index (χ2n) is 28.9. The number of aliphatic hydroxyl groups excluding tert-OH is 1. The molecular weight excluding hydrogens is 1550 g/mol. The number of benzene rings is 2. The molecule has 0 amide bonds. The van der Waals surface area contributed by atoms with Crippen molar-refractivity contribution in [3.05, 3.63) is 174 Å². The monoisotopic (exact) mass is 1650 g/mol. The van der Waals surface area contributed by atoms with Crippen LogP contribution in [0.15, 0.2) is 140 Å². The van der Waals surface area contributed by atoms with Gasteiger partial charge in [-0.1, -0.05) is 31.7 Å². The van der Waals surface area contributed by atoms with Crippen molar-refractivity contribution >= 4 is 63.1 Å². The molecule has 10 aromatic rings. The van der Waals surface area contributed by atoms with Crippen molar-refractivity contribution in [3.8, 4) is 11.1 Å². The first-order chi connectivity index (χ1) is 50.6. The van der Waals surface area contributed by atoms with Crippen LogP contribution in [0.5, 0.6) is 0 Å². The molecule has 5 N–H and O–H groups in total. The maximum absolute atomic E-state index is 13.4. The molecule has 107 heavy (non-hydrogen) atoms. The van der Waals surface area contributed by atoms with Gasteiger partial charge >= 0.3 is 7.12 Å². The summed E-state index contributed by atoms with van der Waals surface area (Å²) < 4.78 is 72.3. The van der Waals surface area contributed by atoms with Gasteiger partial charge in [-0.2, -0.15) is 20.4 Å². The predicted molar refractivity (Wildman–Crippen MR) is 403 cm³/mol. The number of fused-ring (bicyclic) bond motifs is 2. The lowest BCUT2D eigenvalue weighted by Gasteiger charge is -2.35. The number of anilines is 4. The lowest BCUT2D eigenvalue weighted by atomic mass is 9.82. The molecular formula is C74H96BBrF2IN20O8-. The molecule has 7 aliphatic rings. The molecule has 17 rings (SSSR count). The van der Waals surface area contributed by atoms with E-state index >= 15 is 0 Å². The Morgan fingerprint density at radius 3 is 1.34 bits per heavy atom. The Bertz CT molecular complexity index is 4430. The molecule has 0 saturated carbocycles. The van der Waals surface area contributed by atoms with Crippen LogP contribution in [0.3, 0.4) is 0 Å². The topological polar surface area (TPSA) is 297 Å². The van der Waals surface area contributed by atoms with E-state index in [0.717, 1.165) is 191 Å². The minimum atomic E-state index is -0.830. The quantitative estimate of drug-likeness (QED) is 0.0855. The van der Waals surface area contributed by atoms with Crippen LogP contribution in [-0.2, 0) is 57.2 Å². The number of aromatic nitrogens is 14. The van der Waals surface area contributed by atoms with Gasteiger partial charge in [-0.15, -0.1) is 0 Å². The smallest absolute Gasteiger partial charge is 0.498 e. The normalized spacial score (nSPS) is 18.9. The third-order valence-corrected chi connectivity index (χ3v) is 20.8. The van der Waals surface area contributed by atoms with Gasteiger partial charge in [0.1, 0.15) is 35.3 Å². The van der Waals surface area contributed by atoms with Crippen LogP contribution < -0.4 is 60.5 Å². The van der Waals surface area contributed by atoms with E-state index < -0.39 is 11.1 Å². The summed E-state index contributed by atoms with van der Waals surface area (Å²) in [5, 5.41) is 25.9. The van der Waals surface area contributed by atoms with Crippen LogP contribution in [0, 0.1) is 35.3 Å². The maximum atomic E-state index is 13.4. The summed E-state index contributed by atoms with van der Waals surface area (Å²) >= 11 is 3.50. The number of nitrogens with two attached hydrogens (primary N) is 2. The number of hydrogen-bond acceptors (Lipinski definition) is 24. The van der Waals surface area contributed by atoms with Gasteiger partial charge in [0.25, 0.3) is 0 Å². The molecule has 8 aromatic heterocycles. The first-order valence-corrected chi connectivity index (χ1v) is 36.3. The third-order valence-electron chi connectivity index (χ3n) is 20.4. The fraction of sp³-hybridized carbons (Fsp3) is 0.486. The summed E-state index contributed by atoms with van der Waals surface area (Å²) in [4.78, 5) is 36.4. The molecule has 0 radical (unpaired) electrons. The Labute approximate surface area is 648 Å². The molecule has 0 unspecified atom stereocenters. The van der Waals surface area contributed by atoms with Gasteiger partial charge in [0.15, 0.2) is 11.6 Å². The van der Waals surface area contributed by atoms with Crippen molar-refractivity contribution in [1.82, 2.24) is 68.7 Å². The Hall–Kier alpha value is -7.81. The number of aliphatic hydroxyl groups is 1. The number of methoxy groups -OCH3 is 1. The van der Waals surface area contributed by atoms with E-state index in [0.29, 0.717) is 42.2 Å². The highest BCUT2D eigenvalue weighted by molar-refractivity contribution is 9.10. The minimum Gasteiger partial charge on any atom is -1.00 e. The number of rotatable bonds is 17. The summed E-state index contributed by atoms with van der Waals surface area (Å²) in [5.41, 5.74) is 19.0.